The predicted molar refractivity (Wildman–Crippen MR) is 81.9 cm³/mol. The van der Waals surface area contributed by atoms with Crippen LogP contribution in [0.2, 0.25) is 0 Å². The summed E-state index contributed by atoms with van der Waals surface area (Å²) in [6.07, 6.45) is 2.08. The SMILES string of the molecule is Cc1ccc(C2=NO[C@H](CC3(C(=O)O)CCOCC3)C2)cc1. The Hall–Kier alpha value is -1.88. The Kier molecular flexibility index (Phi) is 4.16. The van der Waals surface area contributed by atoms with Crippen LogP contribution in [0.1, 0.15) is 36.8 Å². The summed E-state index contributed by atoms with van der Waals surface area (Å²) in [5, 5.41) is 13.8. The van der Waals surface area contributed by atoms with Crippen molar-refractivity contribution in [2.24, 2.45) is 10.6 Å². The van der Waals surface area contributed by atoms with Crippen molar-refractivity contribution >= 4 is 11.7 Å². The van der Waals surface area contributed by atoms with E-state index >= 15 is 0 Å². The number of oxime groups is 1. The minimum Gasteiger partial charge on any atom is -0.481 e. The van der Waals surface area contributed by atoms with E-state index in [1.165, 1.54) is 5.56 Å². The van der Waals surface area contributed by atoms with Crippen molar-refractivity contribution in [3.05, 3.63) is 35.4 Å². The number of carbonyl (C=O) groups is 1. The smallest absolute Gasteiger partial charge is 0.309 e. The summed E-state index contributed by atoms with van der Waals surface area (Å²) in [5.41, 5.74) is 2.41. The van der Waals surface area contributed by atoms with Crippen LogP contribution in [0.4, 0.5) is 0 Å². The van der Waals surface area contributed by atoms with Crippen LogP contribution in [0.5, 0.6) is 0 Å². The highest BCUT2D eigenvalue weighted by molar-refractivity contribution is 6.01. The first-order valence-corrected chi connectivity index (χ1v) is 7.70. The number of hydrogen-bond acceptors (Lipinski definition) is 4. The minimum absolute atomic E-state index is 0.162. The zero-order chi connectivity index (χ0) is 15.6. The number of carboxylic acids is 1. The van der Waals surface area contributed by atoms with Gasteiger partial charge in [-0.3, -0.25) is 4.79 Å². The molecule has 1 aromatic carbocycles. The maximum Gasteiger partial charge on any atom is 0.309 e. The molecule has 1 atom stereocenters. The molecule has 0 spiro atoms. The number of rotatable bonds is 4. The van der Waals surface area contributed by atoms with Gasteiger partial charge in [-0.2, -0.15) is 0 Å². The van der Waals surface area contributed by atoms with Crippen LogP contribution in [0.25, 0.3) is 0 Å². The minimum atomic E-state index is -0.747. The van der Waals surface area contributed by atoms with E-state index in [9.17, 15) is 9.90 Å². The van der Waals surface area contributed by atoms with Crippen LogP contribution in [0.15, 0.2) is 29.4 Å². The third-order valence-corrected chi connectivity index (χ3v) is 4.64. The molecule has 0 radical (unpaired) electrons. The molecule has 0 aliphatic carbocycles. The topological polar surface area (TPSA) is 68.1 Å². The first kappa shape index (κ1) is 15.0. The molecule has 0 bridgehead atoms. The van der Waals surface area contributed by atoms with Crippen LogP contribution in [-0.2, 0) is 14.4 Å². The van der Waals surface area contributed by atoms with Crippen molar-refractivity contribution in [2.75, 3.05) is 13.2 Å². The molecule has 2 aliphatic rings. The molecule has 1 fully saturated rings. The van der Waals surface area contributed by atoms with E-state index < -0.39 is 11.4 Å². The summed E-state index contributed by atoms with van der Waals surface area (Å²) in [4.78, 5) is 17.2. The summed E-state index contributed by atoms with van der Waals surface area (Å²) < 4.78 is 5.31. The molecule has 2 heterocycles. The fraction of sp³-hybridized carbons (Fsp3) is 0.529. The Labute approximate surface area is 129 Å². The zero-order valence-corrected chi connectivity index (χ0v) is 12.7. The van der Waals surface area contributed by atoms with Crippen molar-refractivity contribution in [3.63, 3.8) is 0 Å². The highest BCUT2D eigenvalue weighted by Gasteiger charge is 2.43. The largest absolute Gasteiger partial charge is 0.481 e. The molecule has 2 aliphatic heterocycles. The van der Waals surface area contributed by atoms with Gasteiger partial charge in [0.25, 0.3) is 0 Å². The van der Waals surface area contributed by atoms with Crippen molar-refractivity contribution in [2.45, 2.75) is 38.7 Å². The van der Waals surface area contributed by atoms with E-state index in [0.717, 1.165) is 11.3 Å². The third kappa shape index (κ3) is 2.99. The predicted octanol–water partition coefficient (Wildman–Crippen LogP) is 2.76. The lowest BCUT2D eigenvalue weighted by Gasteiger charge is -2.34. The molecular formula is C17H21NO4. The molecule has 1 aromatic rings. The van der Waals surface area contributed by atoms with Crippen LogP contribution in [0.3, 0.4) is 0 Å². The second kappa shape index (κ2) is 6.08. The van der Waals surface area contributed by atoms with E-state index in [-0.39, 0.29) is 6.10 Å². The number of hydrogen-bond donors (Lipinski definition) is 1. The number of nitrogens with zero attached hydrogens (tertiary/aromatic N) is 1. The van der Waals surface area contributed by atoms with Crippen molar-refractivity contribution < 1.29 is 19.5 Å². The van der Waals surface area contributed by atoms with Crippen LogP contribution in [0, 0.1) is 12.3 Å². The van der Waals surface area contributed by atoms with Gasteiger partial charge in [-0.25, -0.2) is 0 Å². The molecule has 1 N–H and O–H groups in total. The molecule has 5 nitrogen and oxygen atoms in total. The number of aliphatic carboxylic acids is 1. The average Bonchev–Trinajstić information content (AvgIpc) is 2.97. The van der Waals surface area contributed by atoms with Gasteiger partial charge in [-0.05, 0) is 25.3 Å². The first-order chi connectivity index (χ1) is 10.6. The fourth-order valence-electron chi connectivity index (χ4n) is 3.16. The number of benzene rings is 1. The normalized spacial score (nSPS) is 23.7. The van der Waals surface area contributed by atoms with Crippen LogP contribution in [-0.4, -0.2) is 36.1 Å². The quantitative estimate of drug-likeness (QED) is 0.928. The fourth-order valence-corrected chi connectivity index (χ4v) is 3.16. The summed E-state index contributed by atoms with van der Waals surface area (Å²) in [6.45, 7) is 3.05. The second-order valence-electron chi connectivity index (χ2n) is 6.24. The van der Waals surface area contributed by atoms with Gasteiger partial charge in [0.05, 0.1) is 11.1 Å². The van der Waals surface area contributed by atoms with Gasteiger partial charge in [-0.1, -0.05) is 35.0 Å². The highest BCUT2D eigenvalue weighted by Crippen LogP contribution is 2.38. The van der Waals surface area contributed by atoms with Crippen molar-refractivity contribution in [1.29, 1.82) is 0 Å². The van der Waals surface area contributed by atoms with E-state index in [0.29, 0.717) is 38.9 Å². The molecule has 1 saturated heterocycles. The molecule has 5 heteroatoms. The lowest BCUT2D eigenvalue weighted by atomic mass is 9.75. The molecule has 0 saturated carbocycles. The Balaban J connectivity index is 1.66. The zero-order valence-electron chi connectivity index (χ0n) is 12.7. The van der Waals surface area contributed by atoms with Gasteiger partial charge < -0.3 is 14.7 Å². The third-order valence-electron chi connectivity index (χ3n) is 4.64. The molecular weight excluding hydrogens is 282 g/mol. The molecule has 0 amide bonds. The summed E-state index contributed by atoms with van der Waals surface area (Å²) in [6, 6.07) is 8.15. The standard InChI is InChI=1S/C17H21NO4/c1-12-2-4-13(5-3-12)15-10-14(22-18-15)11-17(16(19)20)6-8-21-9-7-17/h2-5,14H,6-11H2,1H3,(H,19,20)/t14-/m0/s1. The lowest BCUT2D eigenvalue weighted by Crippen LogP contribution is -2.40. The lowest BCUT2D eigenvalue weighted by molar-refractivity contribution is -0.158. The Morgan fingerprint density at radius 1 is 1.32 bits per heavy atom. The number of aryl methyl sites for hydroxylation is 1. The van der Waals surface area contributed by atoms with E-state index in [1.54, 1.807) is 0 Å². The summed E-state index contributed by atoms with van der Waals surface area (Å²) in [7, 11) is 0. The molecule has 118 valence electrons. The second-order valence-corrected chi connectivity index (χ2v) is 6.24. The van der Waals surface area contributed by atoms with Gasteiger partial charge in [0.15, 0.2) is 0 Å². The summed E-state index contributed by atoms with van der Waals surface area (Å²) in [5.74, 6) is -0.747. The number of carboxylic acid groups (broad SMARTS) is 1. The Morgan fingerprint density at radius 3 is 2.64 bits per heavy atom. The Morgan fingerprint density at radius 2 is 2.00 bits per heavy atom. The van der Waals surface area contributed by atoms with Gasteiger partial charge in [0.2, 0.25) is 0 Å². The number of ether oxygens (including phenoxy) is 1. The molecule has 3 rings (SSSR count). The van der Waals surface area contributed by atoms with Gasteiger partial charge in [-0.15, -0.1) is 0 Å². The average molecular weight is 303 g/mol. The first-order valence-electron chi connectivity index (χ1n) is 7.70. The van der Waals surface area contributed by atoms with E-state index in [1.807, 2.05) is 31.2 Å². The van der Waals surface area contributed by atoms with E-state index in [2.05, 4.69) is 5.16 Å². The molecule has 0 aromatic heterocycles. The van der Waals surface area contributed by atoms with Crippen molar-refractivity contribution in [3.8, 4) is 0 Å². The van der Waals surface area contributed by atoms with E-state index in [4.69, 9.17) is 9.57 Å². The van der Waals surface area contributed by atoms with Gasteiger partial charge in [0.1, 0.15) is 6.10 Å². The van der Waals surface area contributed by atoms with Crippen LogP contribution >= 0.6 is 0 Å². The maximum atomic E-state index is 11.7. The van der Waals surface area contributed by atoms with Gasteiger partial charge >= 0.3 is 5.97 Å². The summed E-state index contributed by atoms with van der Waals surface area (Å²) >= 11 is 0. The maximum absolute atomic E-state index is 11.7. The molecule has 0 unspecified atom stereocenters. The Bertz CT molecular complexity index is 573. The highest BCUT2D eigenvalue weighted by atomic mass is 16.6. The van der Waals surface area contributed by atoms with Gasteiger partial charge in [0, 0.05) is 26.1 Å². The van der Waals surface area contributed by atoms with Crippen molar-refractivity contribution in [1.82, 2.24) is 0 Å². The van der Waals surface area contributed by atoms with Crippen LogP contribution < -0.4 is 0 Å². The monoisotopic (exact) mass is 303 g/mol. The molecule has 22 heavy (non-hydrogen) atoms.